The minimum Gasteiger partial charge on any atom is -0.254 e. The van der Waals surface area contributed by atoms with Crippen LogP contribution in [0.1, 0.15) is 11.1 Å². The number of benzene rings is 1. The SMILES string of the molecule is N#CCc1cc(Cl)cnc1-c1ccccc1C(F)(F)F. The molecule has 0 saturated carbocycles. The van der Waals surface area contributed by atoms with Crippen molar-refractivity contribution in [2.45, 2.75) is 12.6 Å². The molecule has 0 aliphatic rings. The minimum absolute atomic E-state index is 0.0538. The molecule has 0 radical (unpaired) electrons. The van der Waals surface area contributed by atoms with Gasteiger partial charge in [0.05, 0.1) is 28.8 Å². The smallest absolute Gasteiger partial charge is 0.254 e. The molecule has 0 spiro atoms. The van der Waals surface area contributed by atoms with Gasteiger partial charge < -0.3 is 0 Å². The van der Waals surface area contributed by atoms with Crippen molar-refractivity contribution < 1.29 is 13.2 Å². The van der Waals surface area contributed by atoms with Gasteiger partial charge in [-0.1, -0.05) is 29.8 Å². The Balaban J connectivity index is 2.67. The van der Waals surface area contributed by atoms with Crippen molar-refractivity contribution in [2.24, 2.45) is 0 Å². The zero-order chi connectivity index (χ0) is 14.8. The second kappa shape index (κ2) is 5.51. The first-order valence-corrected chi connectivity index (χ1v) is 5.99. The lowest BCUT2D eigenvalue weighted by atomic mass is 9.99. The number of hydrogen-bond acceptors (Lipinski definition) is 2. The van der Waals surface area contributed by atoms with Crippen molar-refractivity contribution >= 4 is 11.6 Å². The highest BCUT2D eigenvalue weighted by atomic mass is 35.5. The predicted octanol–water partition coefficient (Wildman–Crippen LogP) is 4.49. The van der Waals surface area contributed by atoms with E-state index in [1.54, 1.807) is 0 Å². The molecule has 0 aliphatic heterocycles. The van der Waals surface area contributed by atoms with E-state index >= 15 is 0 Å². The van der Waals surface area contributed by atoms with Crippen LogP contribution < -0.4 is 0 Å². The Labute approximate surface area is 118 Å². The molecule has 2 nitrogen and oxygen atoms in total. The molecule has 0 bridgehead atoms. The number of hydrogen-bond donors (Lipinski definition) is 0. The Morgan fingerprint density at radius 3 is 2.60 bits per heavy atom. The van der Waals surface area contributed by atoms with E-state index in [1.165, 1.54) is 30.5 Å². The highest BCUT2D eigenvalue weighted by Gasteiger charge is 2.34. The number of alkyl halides is 3. The summed E-state index contributed by atoms with van der Waals surface area (Å²) in [5, 5.41) is 9.05. The Morgan fingerprint density at radius 1 is 1.25 bits per heavy atom. The van der Waals surface area contributed by atoms with Gasteiger partial charge in [0.15, 0.2) is 0 Å². The average Bonchev–Trinajstić information content (AvgIpc) is 2.38. The Hall–Kier alpha value is -2.06. The molecular formula is C14H8ClF3N2. The topological polar surface area (TPSA) is 36.7 Å². The standard InChI is InChI=1S/C14H8ClF3N2/c15-10-7-9(5-6-19)13(20-8-10)11-3-1-2-4-12(11)14(16,17)18/h1-4,7-8H,5H2. The van der Waals surface area contributed by atoms with Gasteiger partial charge in [0.2, 0.25) is 0 Å². The molecule has 0 unspecified atom stereocenters. The molecular weight excluding hydrogens is 289 g/mol. The molecule has 2 rings (SSSR count). The monoisotopic (exact) mass is 296 g/mol. The Kier molecular flexibility index (Phi) is 3.96. The summed E-state index contributed by atoms with van der Waals surface area (Å²) in [4.78, 5) is 3.96. The van der Waals surface area contributed by atoms with Crippen LogP contribution in [0.4, 0.5) is 13.2 Å². The highest BCUT2D eigenvalue weighted by molar-refractivity contribution is 6.30. The molecule has 0 N–H and O–H groups in total. The van der Waals surface area contributed by atoms with Crippen molar-refractivity contribution in [2.75, 3.05) is 0 Å². The second-order valence-corrected chi connectivity index (χ2v) is 4.48. The molecule has 0 saturated heterocycles. The molecule has 0 fully saturated rings. The molecule has 102 valence electrons. The van der Waals surface area contributed by atoms with E-state index in [2.05, 4.69) is 4.98 Å². The normalized spacial score (nSPS) is 11.2. The van der Waals surface area contributed by atoms with Crippen molar-refractivity contribution in [3.63, 3.8) is 0 Å². The predicted molar refractivity (Wildman–Crippen MR) is 69.0 cm³/mol. The van der Waals surface area contributed by atoms with Crippen molar-refractivity contribution in [3.05, 3.63) is 52.7 Å². The molecule has 0 aliphatic carbocycles. The van der Waals surface area contributed by atoms with Crippen LogP contribution in [0.25, 0.3) is 11.3 Å². The fraction of sp³-hybridized carbons (Fsp3) is 0.143. The summed E-state index contributed by atoms with van der Waals surface area (Å²) in [6.07, 6.45) is -3.28. The summed E-state index contributed by atoms with van der Waals surface area (Å²) in [7, 11) is 0. The van der Waals surface area contributed by atoms with E-state index in [4.69, 9.17) is 16.9 Å². The van der Waals surface area contributed by atoms with Crippen molar-refractivity contribution in [1.82, 2.24) is 4.98 Å². The first-order chi connectivity index (χ1) is 9.43. The van der Waals surface area contributed by atoms with E-state index in [9.17, 15) is 13.2 Å². The second-order valence-electron chi connectivity index (χ2n) is 4.04. The molecule has 6 heteroatoms. The molecule has 2 aromatic rings. The van der Waals surface area contributed by atoms with E-state index in [-0.39, 0.29) is 22.7 Å². The zero-order valence-corrected chi connectivity index (χ0v) is 10.8. The maximum absolute atomic E-state index is 13.0. The minimum atomic E-state index is -4.48. The van der Waals surface area contributed by atoms with Crippen LogP contribution in [-0.4, -0.2) is 4.98 Å². The van der Waals surface area contributed by atoms with E-state index < -0.39 is 11.7 Å². The molecule has 0 atom stereocenters. The van der Waals surface area contributed by atoms with Gasteiger partial charge in [-0.2, -0.15) is 18.4 Å². The summed E-state index contributed by atoms with van der Waals surface area (Å²) in [6, 6.07) is 8.49. The van der Waals surface area contributed by atoms with Gasteiger partial charge in [-0.3, -0.25) is 4.98 Å². The lowest BCUT2D eigenvalue weighted by molar-refractivity contribution is -0.137. The fourth-order valence-electron chi connectivity index (χ4n) is 1.88. The Morgan fingerprint density at radius 2 is 1.95 bits per heavy atom. The van der Waals surface area contributed by atoms with Crippen LogP contribution in [0.2, 0.25) is 5.02 Å². The van der Waals surface area contributed by atoms with Gasteiger partial charge in [-0.05, 0) is 17.7 Å². The average molecular weight is 297 g/mol. The van der Waals surface area contributed by atoms with Crippen molar-refractivity contribution in [1.29, 1.82) is 5.26 Å². The molecule has 20 heavy (non-hydrogen) atoms. The van der Waals surface area contributed by atoms with Crippen LogP contribution in [0.5, 0.6) is 0 Å². The molecule has 0 amide bonds. The maximum Gasteiger partial charge on any atom is 0.417 e. The van der Waals surface area contributed by atoms with Crippen LogP contribution >= 0.6 is 11.6 Å². The third-order valence-electron chi connectivity index (χ3n) is 2.69. The van der Waals surface area contributed by atoms with Crippen LogP contribution in [0.3, 0.4) is 0 Å². The largest absolute Gasteiger partial charge is 0.417 e. The number of nitrogens with zero attached hydrogens (tertiary/aromatic N) is 2. The maximum atomic E-state index is 13.0. The van der Waals surface area contributed by atoms with Gasteiger partial charge >= 0.3 is 6.18 Å². The third-order valence-corrected chi connectivity index (χ3v) is 2.90. The van der Waals surface area contributed by atoms with Gasteiger partial charge in [0.25, 0.3) is 0 Å². The molecule has 1 aromatic carbocycles. The number of nitriles is 1. The summed E-state index contributed by atoms with van der Waals surface area (Å²) in [6.45, 7) is 0. The zero-order valence-electron chi connectivity index (χ0n) is 10.1. The number of pyridine rings is 1. The lowest BCUT2D eigenvalue weighted by Crippen LogP contribution is -2.08. The summed E-state index contributed by atoms with van der Waals surface area (Å²) < 4.78 is 39.0. The van der Waals surface area contributed by atoms with Gasteiger partial charge in [-0.15, -0.1) is 0 Å². The summed E-state index contributed by atoms with van der Waals surface area (Å²) >= 11 is 5.78. The van der Waals surface area contributed by atoms with Gasteiger partial charge in [0, 0.05) is 11.8 Å². The number of aromatic nitrogens is 1. The van der Waals surface area contributed by atoms with Crippen LogP contribution in [-0.2, 0) is 12.6 Å². The quantitative estimate of drug-likeness (QED) is 0.819. The third kappa shape index (κ3) is 2.91. The van der Waals surface area contributed by atoms with Gasteiger partial charge in [-0.25, -0.2) is 0 Å². The molecule has 1 heterocycles. The first kappa shape index (κ1) is 14.4. The van der Waals surface area contributed by atoms with E-state index in [1.807, 2.05) is 6.07 Å². The van der Waals surface area contributed by atoms with E-state index in [0.29, 0.717) is 5.56 Å². The summed E-state index contributed by atoms with van der Waals surface area (Å²) in [5.41, 5.74) is -0.337. The van der Waals surface area contributed by atoms with Crippen LogP contribution in [0, 0.1) is 11.3 Å². The molecule has 1 aromatic heterocycles. The van der Waals surface area contributed by atoms with Crippen molar-refractivity contribution in [3.8, 4) is 17.3 Å². The lowest BCUT2D eigenvalue weighted by Gasteiger charge is -2.14. The highest BCUT2D eigenvalue weighted by Crippen LogP contribution is 2.37. The Bertz CT molecular complexity index is 675. The fourth-order valence-corrected chi connectivity index (χ4v) is 2.06. The van der Waals surface area contributed by atoms with Crippen LogP contribution in [0.15, 0.2) is 36.5 Å². The summed E-state index contributed by atoms with van der Waals surface area (Å²) in [5.74, 6) is 0. The van der Waals surface area contributed by atoms with E-state index in [0.717, 1.165) is 6.07 Å². The van der Waals surface area contributed by atoms with Gasteiger partial charge in [0.1, 0.15) is 0 Å². The number of rotatable bonds is 2. The first-order valence-electron chi connectivity index (χ1n) is 5.61. The number of halogens is 4.